The molecule has 2 atom stereocenters. The van der Waals surface area contributed by atoms with E-state index in [0.717, 1.165) is 0 Å². The molecule has 15 heavy (non-hydrogen) atoms. The maximum Gasteiger partial charge on any atom is 0.236 e. The monoisotopic (exact) mass is 206 g/mol. The van der Waals surface area contributed by atoms with Gasteiger partial charge in [0.15, 0.2) is 0 Å². The number of rotatable bonds is 4. The van der Waals surface area contributed by atoms with Gasteiger partial charge in [0.1, 0.15) is 0 Å². The third kappa shape index (κ3) is 3.36. The molecule has 1 rings (SSSR count). The van der Waals surface area contributed by atoms with E-state index in [-0.39, 0.29) is 18.0 Å². The molecule has 0 aliphatic carbocycles. The van der Waals surface area contributed by atoms with Crippen LogP contribution in [0.2, 0.25) is 0 Å². The summed E-state index contributed by atoms with van der Waals surface area (Å²) in [6.07, 6.45) is 0. The molecule has 1 aromatic carbocycles. The van der Waals surface area contributed by atoms with Gasteiger partial charge in [-0.1, -0.05) is 30.3 Å². The molecule has 0 saturated heterocycles. The smallest absolute Gasteiger partial charge is 0.236 e. The zero-order chi connectivity index (χ0) is 11.3. The van der Waals surface area contributed by atoms with Crippen molar-refractivity contribution in [2.45, 2.75) is 25.9 Å². The van der Waals surface area contributed by atoms with Crippen molar-refractivity contribution in [2.75, 3.05) is 7.05 Å². The zero-order valence-electron chi connectivity index (χ0n) is 9.45. The van der Waals surface area contributed by atoms with Crippen molar-refractivity contribution in [3.63, 3.8) is 0 Å². The van der Waals surface area contributed by atoms with E-state index in [4.69, 9.17) is 0 Å². The van der Waals surface area contributed by atoms with E-state index in [2.05, 4.69) is 17.6 Å². The summed E-state index contributed by atoms with van der Waals surface area (Å²) in [5, 5.41) is 5.85. The van der Waals surface area contributed by atoms with Crippen LogP contribution in [-0.2, 0) is 4.79 Å². The van der Waals surface area contributed by atoms with Gasteiger partial charge in [-0.2, -0.15) is 0 Å². The Bertz CT molecular complexity index is 311. The first-order valence-corrected chi connectivity index (χ1v) is 5.17. The van der Waals surface area contributed by atoms with Crippen LogP contribution in [0.3, 0.4) is 0 Å². The molecule has 0 aromatic heterocycles. The van der Waals surface area contributed by atoms with Crippen molar-refractivity contribution in [3.8, 4) is 0 Å². The lowest BCUT2D eigenvalue weighted by atomic mass is 10.1. The Labute approximate surface area is 90.9 Å². The molecule has 3 heteroatoms. The van der Waals surface area contributed by atoms with E-state index >= 15 is 0 Å². The van der Waals surface area contributed by atoms with E-state index < -0.39 is 0 Å². The van der Waals surface area contributed by atoms with Gasteiger partial charge in [-0.25, -0.2) is 0 Å². The number of carbonyl (C=O) groups is 1. The van der Waals surface area contributed by atoms with Crippen molar-refractivity contribution in [1.82, 2.24) is 10.6 Å². The summed E-state index contributed by atoms with van der Waals surface area (Å²) in [6.45, 7) is 3.91. The molecule has 0 bridgehead atoms. The molecule has 1 aromatic rings. The largest absolute Gasteiger partial charge is 0.358 e. The summed E-state index contributed by atoms with van der Waals surface area (Å²) in [5.74, 6) is 0.0118. The van der Waals surface area contributed by atoms with Crippen LogP contribution >= 0.6 is 0 Å². The number of carbonyl (C=O) groups excluding carboxylic acids is 1. The molecule has 0 radical (unpaired) electrons. The van der Waals surface area contributed by atoms with Crippen molar-refractivity contribution < 1.29 is 4.79 Å². The van der Waals surface area contributed by atoms with Gasteiger partial charge in [0, 0.05) is 13.1 Å². The Balaban J connectivity index is 2.56. The van der Waals surface area contributed by atoms with E-state index in [0.29, 0.717) is 0 Å². The van der Waals surface area contributed by atoms with Crippen LogP contribution in [-0.4, -0.2) is 19.0 Å². The molecular formula is C12H18N2O. The van der Waals surface area contributed by atoms with Crippen molar-refractivity contribution in [3.05, 3.63) is 35.9 Å². The lowest BCUT2D eigenvalue weighted by Crippen LogP contribution is -2.41. The molecule has 1 amide bonds. The number of likely N-dealkylation sites (N-methyl/N-ethyl adjacent to an activating group) is 1. The molecule has 0 spiro atoms. The molecule has 82 valence electrons. The second-order valence-electron chi connectivity index (χ2n) is 3.63. The van der Waals surface area contributed by atoms with Gasteiger partial charge in [0.05, 0.1) is 6.04 Å². The zero-order valence-corrected chi connectivity index (χ0v) is 9.45. The number of hydrogen-bond acceptors (Lipinski definition) is 2. The number of benzene rings is 1. The highest BCUT2D eigenvalue weighted by atomic mass is 16.2. The Morgan fingerprint density at radius 2 is 1.80 bits per heavy atom. The van der Waals surface area contributed by atoms with Gasteiger partial charge < -0.3 is 5.32 Å². The molecule has 0 aliphatic heterocycles. The molecule has 1 unspecified atom stereocenters. The SMILES string of the molecule is CNC(=O)C(C)N[C@@H](C)c1ccccc1. The minimum absolute atomic E-state index is 0.0118. The lowest BCUT2D eigenvalue weighted by molar-refractivity contribution is -0.122. The fraction of sp³-hybridized carbons (Fsp3) is 0.417. The van der Waals surface area contributed by atoms with Crippen LogP contribution in [0.15, 0.2) is 30.3 Å². The molecule has 3 nitrogen and oxygen atoms in total. The van der Waals surface area contributed by atoms with Gasteiger partial charge in [-0.3, -0.25) is 10.1 Å². The number of hydrogen-bond donors (Lipinski definition) is 2. The quantitative estimate of drug-likeness (QED) is 0.783. The summed E-state index contributed by atoms with van der Waals surface area (Å²) in [4.78, 5) is 11.3. The minimum Gasteiger partial charge on any atom is -0.358 e. The van der Waals surface area contributed by atoms with Crippen molar-refractivity contribution >= 4 is 5.91 Å². The Hall–Kier alpha value is -1.35. The van der Waals surface area contributed by atoms with Crippen LogP contribution in [0, 0.1) is 0 Å². The van der Waals surface area contributed by atoms with Gasteiger partial charge in [-0.05, 0) is 19.4 Å². The normalized spacial score (nSPS) is 14.3. The standard InChI is InChI=1S/C12H18N2O/c1-9(11-7-5-4-6-8-11)14-10(2)12(15)13-3/h4-10,14H,1-3H3,(H,13,15)/t9-,10?/m0/s1. The Morgan fingerprint density at radius 1 is 1.20 bits per heavy atom. The Kier molecular flexibility index (Phi) is 4.31. The summed E-state index contributed by atoms with van der Waals surface area (Å²) in [5.41, 5.74) is 1.19. The van der Waals surface area contributed by atoms with E-state index in [1.807, 2.05) is 37.3 Å². The van der Waals surface area contributed by atoms with E-state index in [1.165, 1.54) is 5.56 Å². The van der Waals surface area contributed by atoms with E-state index in [9.17, 15) is 4.79 Å². The summed E-state index contributed by atoms with van der Waals surface area (Å²) in [6, 6.07) is 10.1. The highest BCUT2D eigenvalue weighted by Gasteiger charge is 2.14. The van der Waals surface area contributed by atoms with Gasteiger partial charge in [-0.15, -0.1) is 0 Å². The highest BCUT2D eigenvalue weighted by Crippen LogP contribution is 2.11. The van der Waals surface area contributed by atoms with E-state index in [1.54, 1.807) is 7.05 Å². The van der Waals surface area contributed by atoms with Crippen LogP contribution in [0.1, 0.15) is 25.5 Å². The number of nitrogens with one attached hydrogen (secondary N) is 2. The Morgan fingerprint density at radius 3 is 2.33 bits per heavy atom. The lowest BCUT2D eigenvalue weighted by Gasteiger charge is -2.19. The summed E-state index contributed by atoms with van der Waals surface area (Å²) < 4.78 is 0. The first kappa shape index (κ1) is 11.7. The average Bonchev–Trinajstić information content (AvgIpc) is 2.29. The fourth-order valence-corrected chi connectivity index (χ4v) is 1.51. The fourth-order valence-electron chi connectivity index (χ4n) is 1.51. The third-order valence-corrected chi connectivity index (χ3v) is 2.44. The van der Waals surface area contributed by atoms with Crippen molar-refractivity contribution in [1.29, 1.82) is 0 Å². The van der Waals surface area contributed by atoms with Crippen molar-refractivity contribution in [2.24, 2.45) is 0 Å². The van der Waals surface area contributed by atoms with Gasteiger partial charge in [0.2, 0.25) is 5.91 Å². The molecule has 0 aliphatic rings. The third-order valence-electron chi connectivity index (χ3n) is 2.44. The van der Waals surface area contributed by atoms with Crippen LogP contribution < -0.4 is 10.6 Å². The molecule has 0 heterocycles. The summed E-state index contributed by atoms with van der Waals surface area (Å²) in [7, 11) is 1.65. The number of amides is 1. The van der Waals surface area contributed by atoms with Crippen LogP contribution in [0.5, 0.6) is 0 Å². The predicted octanol–water partition coefficient (Wildman–Crippen LogP) is 1.47. The first-order chi connectivity index (χ1) is 7.15. The summed E-state index contributed by atoms with van der Waals surface area (Å²) >= 11 is 0. The second kappa shape index (κ2) is 5.51. The minimum atomic E-state index is -0.176. The van der Waals surface area contributed by atoms with Gasteiger partial charge >= 0.3 is 0 Å². The van der Waals surface area contributed by atoms with Crippen LogP contribution in [0.4, 0.5) is 0 Å². The maximum absolute atomic E-state index is 11.3. The van der Waals surface area contributed by atoms with Gasteiger partial charge in [0.25, 0.3) is 0 Å². The molecule has 0 saturated carbocycles. The second-order valence-corrected chi connectivity index (χ2v) is 3.63. The topological polar surface area (TPSA) is 41.1 Å². The maximum atomic E-state index is 11.3. The predicted molar refractivity (Wildman–Crippen MR) is 61.5 cm³/mol. The van der Waals surface area contributed by atoms with Crippen LogP contribution in [0.25, 0.3) is 0 Å². The average molecular weight is 206 g/mol. The highest BCUT2D eigenvalue weighted by molar-refractivity contribution is 5.80. The molecular weight excluding hydrogens is 188 g/mol. The molecule has 0 fully saturated rings. The molecule has 2 N–H and O–H groups in total. The first-order valence-electron chi connectivity index (χ1n) is 5.17.